The number of ketones is 1. The summed E-state index contributed by atoms with van der Waals surface area (Å²) in [5.74, 6) is -1.94. The van der Waals surface area contributed by atoms with Gasteiger partial charge in [-0.3, -0.25) is 9.59 Å². The van der Waals surface area contributed by atoms with Crippen LogP contribution < -0.4 is 0 Å². The van der Waals surface area contributed by atoms with Gasteiger partial charge in [0.2, 0.25) is 11.6 Å². The summed E-state index contributed by atoms with van der Waals surface area (Å²) in [5, 5.41) is 0. The Morgan fingerprint density at radius 1 is 1.10 bits per heavy atom. The van der Waals surface area contributed by atoms with Gasteiger partial charge >= 0.3 is 5.97 Å². The van der Waals surface area contributed by atoms with Crippen molar-refractivity contribution < 1.29 is 23.8 Å². The van der Waals surface area contributed by atoms with Crippen LogP contribution in [0.2, 0.25) is 0 Å². The lowest BCUT2D eigenvalue weighted by Crippen LogP contribution is -2.43. The van der Waals surface area contributed by atoms with Crippen LogP contribution >= 0.6 is 0 Å². The highest BCUT2D eigenvalue weighted by atomic mass is 16.7. The number of hydrogen-bond acceptors (Lipinski definition) is 5. The predicted molar refractivity (Wildman–Crippen MR) is 73.4 cm³/mol. The van der Waals surface area contributed by atoms with Gasteiger partial charge in [-0.15, -0.1) is 0 Å². The van der Waals surface area contributed by atoms with Crippen LogP contribution in [0.15, 0.2) is 30.3 Å². The second-order valence-electron chi connectivity index (χ2n) is 4.30. The summed E-state index contributed by atoms with van der Waals surface area (Å²) in [7, 11) is 2.85. The minimum absolute atomic E-state index is 0.228. The van der Waals surface area contributed by atoms with Crippen molar-refractivity contribution in [1.29, 1.82) is 0 Å². The SMILES string of the molecule is COC(CCCOC(C)=O)(OC)C(=O)c1ccccc1. The van der Waals surface area contributed by atoms with Crippen molar-refractivity contribution in [3.63, 3.8) is 0 Å². The van der Waals surface area contributed by atoms with E-state index in [1.165, 1.54) is 21.1 Å². The molecular weight excluding hydrogens is 260 g/mol. The lowest BCUT2D eigenvalue weighted by atomic mass is 9.99. The molecule has 0 fully saturated rings. The van der Waals surface area contributed by atoms with E-state index in [4.69, 9.17) is 14.2 Å². The van der Waals surface area contributed by atoms with Crippen molar-refractivity contribution in [2.45, 2.75) is 25.6 Å². The molecule has 5 heteroatoms. The molecule has 0 N–H and O–H groups in total. The molecule has 0 aliphatic rings. The molecule has 0 aliphatic heterocycles. The Kier molecular flexibility index (Phi) is 6.35. The van der Waals surface area contributed by atoms with E-state index in [1.54, 1.807) is 24.3 Å². The molecular formula is C15H20O5. The quantitative estimate of drug-likeness (QED) is 0.316. The summed E-state index contributed by atoms with van der Waals surface area (Å²) in [6.45, 7) is 1.57. The maximum Gasteiger partial charge on any atom is 0.302 e. The molecule has 0 heterocycles. The zero-order valence-corrected chi connectivity index (χ0v) is 12.0. The first-order chi connectivity index (χ1) is 9.55. The van der Waals surface area contributed by atoms with Crippen LogP contribution in [0, 0.1) is 0 Å². The van der Waals surface area contributed by atoms with Crippen LogP contribution in [0.4, 0.5) is 0 Å². The van der Waals surface area contributed by atoms with Crippen LogP contribution in [0.5, 0.6) is 0 Å². The molecule has 0 saturated carbocycles. The Bertz CT molecular complexity index is 437. The lowest BCUT2D eigenvalue weighted by molar-refractivity contribution is -0.175. The van der Waals surface area contributed by atoms with Crippen molar-refractivity contribution in [2.75, 3.05) is 20.8 Å². The Morgan fingerprint density at radius 3 is 2.20 bits per heavy atom. The first-order valence-corrected chi connectivity index (χ1v) is 6.39. The van der Waals surface area contributed by atoms with Crippen LogP contribution in [0.3, 0.4) is 0 Å². The molecule has 0 saturated heterocycles. The summed E-state index contributed by atoms with van der Waals surface area (Å²) in [6.07, 6.45) is 0.779. The van der Waals surface area contributed by atoms with E-state index >= 15 is 0 Å². The smallest absolute Gasteiger partial charge is 0.302 e. The third kappa shape index (κ3) is 4.15. The first-order valence-electron chi connectivity index (χ1n) is 6.39. The number of carbonyl (C=O) groups excluding carboxylic acids is 2. The van der Waals surface area contributed by atoms with Gasteiger partial charge in [-0.25, -0.2) is 0 Å². The number of carbonyl (C=O) groups is 2. The van der Waals surface area contributed by atoms with Crippen LogP contribution in [-0.4, -0.2) is 38.4 Å². The molecule has 0 radical (unpaired) electrons. The molecule has 0 aliphatic carbocycles. The molecule has 5 nitrogen and oxygen atoms in total. The standard InChI is InChI=1S/C15H20O5/c1-12(16)20-11-7-10-15(18-2,19-3)14(17)13-8-5-4-6-9-13/h4-6,8-9H,7,10-11H2,1-3H3. The molecule has 1 aromatic rings. The van der Waals surface area contributed by atoms with Crippen molar-refractivity contribution in [1.82, 2.24) is 0 Å². The zero-order chi connectivity index (χ0) is 15.0. The Balaban J connectivity index is 2.75. The molecule has 20 heavy (non-hydrogen) atoms. The van der Waals surface area contributed by atoms with E-state index in [-0.39, 0.29) is 18.4 Å². The number of esters is 1. The van der Waals surface area contributed by atoms with E-state index < -0.39 is 5.79 Å². The van der Waals surface area contributed by atoms with Crippen LogP contribution in [-0.2, 0) is 19.0 Å². The van der Waals surface area contributed by atoms with Crippen molar-refractivity contribution in [3.8, 4) is 0 Å². The largest absolute Gasteiger partial charge is 0.466 e. The van der Waals surface area contributed by atoms with Gasteiger partial charge in [0.25, 0.3) is 0 Å². The molecule has 0 amide bonds. The highest BCUT2D eigenvalue weighted by molar-refractivity contribution is 6.01. The first kappa shape index (κ1) is 16.3. The van der Waals surface area contributed by atoms with Gasteiger partial charge in [0.05, 0.1) is 6.61 Å². The molecule has 1 aromatic carbocycles. The van der Waals surface area contributed by atoms with Gasteiger partial charge in [0.15, 0.2) is 0 Å². The lowest BCUT2D eigenvalue weighted by Gasteiger charge is -2.29. The molecule has 1 rings (SSSR count). The average molecular weight is 280 g/mol. The molecule has 110 valence electrons. The molecule has 0 spiro atoms. The van der Waals surface area contributed by atoms with E-state index in [0.717, 1.165) is 0 Å². The Hall–Kier alpha value is -1.72. The van der Waals surface area contributed by atoms with Crippen LogP contribution in [0.1, 0.15) is 30.1 Å². The summed E-state index contributed by atoms with van der Waals surface area (Å²) >= 11 is 0. The molecule has 0 aromatic heterocycles. The van der Waals surface area contributed by atoms with Crippen molar-refractivity contribution in [3.05, 3.63) is 35.9 Å². The van der Waals surface area contributed by atoms with E-state index in [9.17, 15) is 9.59 Å². The second kappa shape index (κ2) is 7.77. The third-order valence-corrected chi connectivity index (χ3v) is 3.00. The van der Waals surface area contributed by atoms with Gasteiger partial charge in [0.1, 0.15) is 0 Å². The maximum absolute atomic E-state index is 12.5. The van der Waals surface area contributed by atoms with Gasteiger partial charge in [0, 0.05) is 33.1 Å². The summed E-state index contributed by atoms with van der Waals surface area (Å²) in [4.78, 5) is 23.2. The van der Waals surface area contributed by atoms with Gasteiger partial charge in [-0.2, -0.15) is 0 Å². The second-order valence-corrected chi connectivity index (χ2v) is 4.30. The minimum atomic E-state index is -1.35. The molecule has 0 bridgehead atoms. The van der Waals surface area contributed by atoms with Gasteiger partial charge in [-0.05, 0) is 6.42 Å². The minimum Gasteiger partial charge on any atom is -0.466 e. The predicted octanol–water partition coefficient (Wildman–Crippen LogP) is 2.20. The zero-order valence-electron chi connectivity index (χ0n) is 12.0. The fourth-order valence-electron chi connectivity index (χ4n) is 1.92. The highest BCUT2D eigenvalue weighted by Crippen LogP contribution is 2.24. The number of hydrogen-bond donors (Lipinski definition) is 0. The van der Waals surface area contributed by atoms with Gasteiger partial charge < -0.3 is 14.2 Å². The fourth-order valence-corrected chi connectivity index (χ4v) is 1.92. The number of benzene rings is 1. The Morgan fingerprint density at radius 2 is 1.70 bits per heavy atom. The molecule has 0 unspecified atom stereocenters. The van der Waals surface area contributed by atoms with E-state index in [2.05, 4.69) is 0 Å². The summed E-state index contributed by atoms with van der Waals surface area (Å²) in [5.41, 5.74) is 0.517. The van der Waals surface area contributed by atoms with E-state index in [1.807, 2.05) is 6.07 Å². The number of ether oxygens (including phenoxy) is 3. The summed E-state index contributed by atoms with van der Waals surface area (Å²) in [6, 6.07) is 8.81. The summed E-state index contributed by atoms with van der Waals surface area (Å²) < 4.78 is 15.4. The fraction of sp³-hybridized carbons (Fsp3) is 0.467. The number of methoxy groups -OCH3 is 2. The van der Waals surface area contributed by atoms with Crippen LogP contribution in [0.25, 0.3) is 0 Å². The van der Waals surface area contributed by atoms with Crippen molar-refractivity contribution in [2.24, 2.45) is 0 Å². The third-order valence-electron chi connectivity index (χ3n) is 3.00. The topological polar surface area (TPSA) is 61.8 Å². The molecule has 0 atom stereocenters. The highest BCUT2D eigenvalue weighted by Gasteiger charge is 2.38. The van der Waals surface area contributed by atoms with E-state index in [0.29, 0.717) is 18.4 Å². The normalized spacial score (nSPS) is 11.2. The monoisotopic (exact) mass is 280 g/mol. The maximum atomic E-state index is 12.5. The number of Topliss-reactive ketones (excluding diaryl/α,β-unsaturated/α-hetero) is 1. The average Bonchev–Trinajstić information content (AvgIpc) is 2.48. The van der Waals surface area contributed by atoms with Crippen molar-refractivity contribution >= 4 is 11.8 Å². The Labute approximate surface area is 118 Å². The number of rotatable bonds is 8. The van der Waals surface area contributed by atoms with Gasteiger partial charge in [-0.1, -0.05) is 30.3 Å².